The molecule has 0 aliphatic carbocycles. The van der Waals surface area contributed by atoms with Crippen LogP contribution < -0.4 is 15.6 Å². The van der Waals surface area contributed by atoms with Gasteiger partial charge in [0.25, 0.3) is 5.56 Å². The summed E-state index contributed by atoms with van der Waals surface area (Å²) in [5.74, 6) is -0.00906. The maximum absolute atomic E-state index is 12.5. The number of aliphatic carboxylic acids is 1. The first-order chi connectivity index (χ1) is 15.9. The summed E-state index contributed by atoms with van der Waals surface area (Å²) in [5.41, 5.74) is 1.65. The van der Waals surface area contributed by atoms with Crippen molar-refractivity contribution >= 4 is 28.6 Å². The summed E-state index contributed by atoms with van der Waals surface area (Å²) in [6, 6.07) is 13.7. The minimum Gasteiger partial charge on any atom is -0.488 e. The van der Waals surface area contributed by atoms with Crippen LogP contribution in [0.25, 0.3) is 22.3 Å². The van der Waals surface area contributed by atoms with Crippen LogP contribution in [-0.2, 0) is 4.79 Å². The number of rotatable bonds is 7. The Morgan fingerprint density at radius 3 is 2.76 bits per heavy atom. The van der Waals surface area contributed by atoms with Crippen LogP contribution in [-0.4, -0.2) is 64.1 Å². The van der Waals surface area contributed by atoms with Gasteiger partial charge in [0.15, 0.2) is 0 Å². The molecule has 33 heavy (non-hydrogen) atoms. The number of aromatic nitrogens is 2. The van der Waals surface area contributed by atoms with Gasteiger partial charge in [-0.25, -0.2) is 4.98 Å². The second-order valence-corrected chi connectivity index (χ2v) is 8.91. The number of carboxylic acids is 1. The fourth-order valence-corrected chi connectivity index (χ4v) is 5.14. The largest absolute Gasteiger partial charge is 0.488 e. The molecule has 2 heterocycles. The first-order valence-corrected chi connectivity index (χ1v) is 11.5. The average molecular weight is 467 g/mol. The number of carbonyl (C=O) groups is 1. The smallest absolute Gasteiger partial charge is 0.325 e. The van der Waals surface area contributed by atoms with E-state index in [4.69, 9.17) is 4.74 Å². The number of para-hydroxylation sites is 2. The van der Waals surface area contributed by atoms with Crippen LogP contribution in [0.3, 0.4) is 0 Å². The third-order valence-corrected chi connectivity index (χ3v) is 7.24. The summed E-state index contributed by atoms with van der Waals surface area (Å²) >= 11 is 1.57. The summed E-state index contributed by atoms with van der Waals surface area (Å²) in [6.07, 6.45) is 0. The first kappa shape index (κ1) is 23.0. The number of hydrogen-bond acceptors (Lipinski definition) is 7. The highest BCUT2D eigenvalue weighted by Crippen LogP contribution is 2.33. The van der Waals surface area contributed by atoms with Crippen molar-refractivity contribution < 1.29 is 14.6 Å². The van der Waals surface area contributed by atoms with Gasteiger partial charge in [-0.1, -0.05) is 24.3 Å². The molecule has 9 heteroatoms. The van der Waals surface area contributed by atoms with E-state index in [1.807, 2.05) is 55.6 Å². The second kappa shape index (κ2) is 9.78. The number of fused-ring (bicyclic) bond motifs is 1. The Morgan fingerprint density at radius 1 is 1.27 bits per heavy atom. The Hall–Kier alpha value is -3.14. The molecule has 0 fully saturated rings. The van der Waals surface area contributed by atoms with Crippen molar-refractivity contribution in [3.05, 3.63) is 69.9 Å². The summed E-state index contributed by atoms with van der Waals surface area (Å²) in [7, 11) is 3.67. The number of likely N-dealkylation sites (N-methyl/N-ethyl adjacent to an activating group) is 2. The molecule has 8 nitrogen and oxygen atoms in total. The van der Waals surface area contributed by atoms with Gasteiger partial charge in [-0.2, -0.15) is 0 Å². The zero-order valence-corrected chi connectivity index (χ0v) is 19.4. The van der Waals surface area contributed by atoms with E-state index >= 15 is 0 Å². The lowest BCUT2D eigenvalue weighted by Gasteiger charge is -2.39. The molecule has 0 saturated heterocycles. The third-order valence-electron chi connectivity index (χ3n) is 5.79. The van der Waals surface area contributed by atoms with Crippen molar-refractivity contribution in [1.29, 1.82) is 0 Å². The standard InChI is InChI=1S/C24H26N4O4S/c1-14(25-2)23-28(3)20(24(30)31)15(13-33-23)12-32-19-11-7-5-9-17(19)21-26-18-10-6-4-8-16(18)22(29)27-21/h4-11,13-14,20,23,25H,12H2,1-3H3,(H,30,31)(H,26,27,29). The predicted octanol–water partition coefficient (Wildman–Crippen LogP) is 2.92. The van der Waals surface area contributed by atoms with Crippen LogP contribution in [0.4, 0.5) is 0 Å². The Kier molecular flexibility index (Phi) is 6.83. The van der Waals surface area contributed by atoms with Crippen LogP contribution in [0.2, 0.25) is 0 Å². The van der Waals surface area contributed by atoms with Gasteiger partial charge in [-0.15, -0.1) is 11.8 Å². The van der Waals surface area contributed by atoms with E-state index in [-0.39, 0.29) is 23.6 Å². The molecule has 0 amide bonds. The Balaban J connectivity index is 1.62. The van der Waals surface area contributed by atoms with Crippen molar-refractivity contribution in [2.45, 2.75) is 24.4 Å². The van der Waals surface area contributed by atoms with Crippen molar-refractivity contribution in [3.63, 3.8) is 0 Å². The highest BCUT2D eigenvalue weighted by molar-refractivity contribution is 8.02. The van der Waals surface area contributed by atoms with E-state index < -0.39 is 12.0 Å². The van der Waals surface area contributed by atoms with Gasteiger partial charge < -0.3 is 20.1 Å². The molecule has 172 valence electrons. The van der Waals surface area contributed by atoms with Crippen LogP contribution in [0.1, 0.15) is 6.92 Å². The molecule has 3 aromatic rings. The van der Waals surface area contributed by atoms with E-state index in [0.29, 0.717) is 33.6 Å². The van der Waals surface area contributed by atoms with E-state index in [2.05, 4.69) is 15.3 Å². The van der Waals surface area contributed by atoms with Gasteiger partial charge in [0, 0.05) is 11.6 Å². The van der Waals surface area contributed by atoms with Gasteiger partial charge in [0.05, 0.1) is 21.8 Å². The fourth-order valence-electron chi connectivity index (χ4n) is 3.95. The summed E-state index contributed by atoms with van der Waals surface area (Å²) in [5, 5.41) is 15.5. The normalized spacial score (nSPS) is 19.8. The summed E-state index contributed by atoms with van der Waals surface area (Å²) in [4.78, 5) is 33.9. The lowest BCUT2D eigenvalue weighted by molar-refractivity contribution is -0.141. The molecular formula is C24H26N4O4S. The monoisotopic (exact) mass is 466 g/mol. The molecule has 0 bridgehead atoms. The van der Waals surface area contributed by atoms with Crippen LogP contribution in [0, 0.1) is 0 Å². The van der Waals surface area contributed by atoms with E-state index in [1.165, 1.54) is 0 Å². The van der Waals surface area contributed by atoms with Crippen LogP contribution in [0.15, 0.2) is 64.3 Å². The third kappa shape index (κ3) is 4.66. The van der Waals surface area contributed by atoms with Crippen molar-refractivity contribution in [2.75, 3.05) is 20.7 Å². The number of thioether (sulfide) groups is 1. The van der Waals surface area contributed by atoms with Crippen molar-refractivity contribution in [3.8, 4) is 17.1 Å². The molecule has 1 aliphatic rings. The Labute approximate surface area is 195 Å². The highest BCUT2D eigenvalue weighted by Gasteiger charge is 2.37. The number of ether oxygens (including phenoxy) is 1. The number of benzene rings is 2. The minimum absolute atomic E-state index is 0.0148. The van der Waals surface area contributed by atoms with Crippen LogP contribution >= 0.6 is 11.8 Å². The summed E-state index contributed by atoms with van der Waals surface area (Å²) < 4.78 is 6.08. The Morgan fingerprint density at radius 2 is 2.00 bits per heavy atom. The van der Waals surface area contributed by atoms with Gasteiger partial charge in [0.2, 0.25) is 0 Å². The molecule has 3 N–H and O–H groups in total. The van der Waals surface area contributed by atoms with Gasteiger partial charge in [-0.3, -0.25) is 14.5 Å². The van der Waals surface area contributed by atoms with E-state index in [9.17, 15) is 14.7 Å². The van der Waals surface area contributed by atoms with Crippen molar-refractivity contribution in [2.24, 2.45) is 0 Å². The predicted molar refractivity (Wildman–Crippen MR) is 130 cm³/mol. The second-order valence-electron chi connectivity index (χ2n) is 7.92. The average Bonchev–Trinajstić information content (AvgIpc) is 2.82. The van der Waals surface area contributed by atoms with Gasteiger partial charge >= 0.3 is 5.97 Å². The topological polar surface area (TPSA) is 108 Å². The maximum Gasteiger partial charge on any atom is 0.325 e. The number of nitrogens with zero attached hydrogens (tertiary/aromatic N) is 2. The molecule has 1 aliphatic heterocycles. The summed E-state index contributed by atoms with van der Waals surface area (Å²) in [6.45, 7) is 2.12. The van der Waals surface area contributed by atoms with Crippen molar-refractivity contribution in [1.82, 2.24) is 20.2 Å². The molecule has 0 radical (unpaired) electrons. The SMILES string of the molecule is CNC(C)C1SC=C(COc2ccccc2-c2nc3ccccc3c(=O)[nH]2)C(C(=O)O)N1C. The number of carboxylic acid groups (broad SMARTS) is 1. The van der Waals surface area contributed by atoms with E-state index in [0.717, 1.165) is 0 Å². The molecule has 0 saturated carbocycles. The molecule has 1 aromatic heterocycles. The first-order valence-electron chi connectivity index (χ1n) is 10.6. The number of hydrogen-bond donors (Lipinski definition) is 3. The number of H-pyrrole nitrogens is 1. The molecule has 3 unspecified atom stereocenters. The Bertz CT molecular complexity index is 1260. The lowest BCUT2D eigenvalue weighted by Crippen LogP contribution is -2.53. The molecule has 0 spiro atoms. The van der Waals surface area contributed by atoms with Gasteiger partial charge in [-0.05, 0) is 50.7 Å². The molecule has 4 rings (SSSR count). The fraction of sp³-hybridized carbons (Fsp3) is 0.292. The maximum atomic E-state index is 12.5. The zero-order valence-electron chi connectivity index (χ0n) is 18.6. The zero-order chi connectivity index (χ0) is 23.5. The van der Waals surface area contributed by atoms with Crippen LogP contribution in [0.5, 0.6) is 5.75 Å². The molecular weight excluding hydrogens is 440 g/mol. The quantitative estimate of drug-likeness (QED) is 0.488. The number of nitrogens with one attached hydrogen (secondary N) is 2. The minimum atomic E-state index is -0.922. The molecule has 2 aromatic carbocycles. The number of aromatic amines is 1. The lowest BCUT2D eigenvalue weighted by atomic mass is 10.1. The highest BCUT2D eigenvalue weighted by atomic mass is 32.2. The molecule has 3 atom stereocenters. The van der Waals surface area contributed by atoms with E-state index in [1.54, 1.807) is 36.0 Å². The van der Waals surface area contributed by atoms with Gasteiger partial charge in [0.1, 0.15) is 24.2 Å².